The van der Waals surface area contributed by atoms with Crippen molar-refractivity contribution in [3.8, 4) is 0 Å². The molecule has 19 heavy (non-hydrogen) atoms. The molecule has 1 aromatic heterocycles. The topological polar surface area (TPSA) is 60.9 Å². The van der Waals surface area contributed by atoms with Crippen LogP contribution in [0, 0.1) is 5.92 Å². The van der Waals surface area contributed by atoms with E-state index in [1.54, 1.807) is 0 Å². The first kappa shape index (κ1) is 15.9. The Morgan fingerprint density at radius 2 is 2.11 bits per heavy atom. The molecule has 2 N–H and O–H groups in total. The van der Waals surface area contributed by atoms with Crippen LogP contribution in [0.15, 0.2) is 12.3 Å². The summed E-state index contributed by atoms with van der Waals surface area (Å²) in [4.78, 5) is 12.0. The Hall–Kier alpha value is -1.16. The van der Waals surface area contributed by atoms with E-state index in [-0.39, 0.29) is 11.7 Å². The van der Waals surface area contributed by atoms with Gasteiger partial charge in [-0.1, -0.05) is 20.8 Å². The molecular weight excluding hydrogens is 238 g/mol. The Balaban J connectivity index is 2.55. The highest BCUT2D eigenvalue weighted by molar-refractivity contribution is 5.82. The maximum atomic E-state index is 12.0. The highest BCUT2D eigenvalue weighted by Gasteiger charge is 2.15. The van der Waals surface area contributed by atoms with Gasteiger partial charge in [0.1, 0.15) is 5.78 Å². The average Bonchev–Trinajstić information content (AvgIpc) is 2.85. The van der Waals surface area contributed by atoms with E-state index in [0.717, 1.165) is 31.4 Å². The van der Waals surface area contributed by atoms with Crippen molar-refractivity contribution >= 4 is 5.78 Å². The van der Waals surface area contributed by atoms with Gasteiger partial charge in [-0.25, -0.2) is 0 Å². The number of carbonyl (C=O) groups is 1. The number of hydrogen-bond acceptors (Lipinski definition) is 3. The minimum absolute atomic E-state index is 0.0850. The van der Waals surface area contributed by atoms with Gasteiger partial charge in [-0.05, 0) is 38.3 Å². The van der Waals surface area contributed by atoms with E-state index in [0.29, 0.717) is 19.0 Å². The molecule has 0 aromatic carbocycles. The van der Waals surface area contributed by atoms with Gasteiger partial charge in [0, 0.05) is 12.1 Å². The number of aromatic nitrogens is 2. The molecule has 0 saturated heterocycles. The summed E-state index contributed by atoms with van der Waals surface area (Å²) in [6.45, 7) is 6.96. The Kier molecular flexibility index (Phi) is 6.78. The van der Waals surface area contributed by atoms with Gasteiger partial charge < -0.3 is 5.73 Å². The number of nitrogens with zero attached hydrogens (tertiary/aromatic N) is 2. The van der Waals surface area contributed by atoms with Gasteiger partial charge in [0.25, 0.3) is 0 Å². The first-order valence-electron chi connectivity index (χ1n) is 7.39. The summed E-state index contributed by atoms with van der Waals surface area (Å²) < 4.78 is 1.99. The van der Waals surface area contributed by atoms with E-state index in [9.17, 15) is 4.79 Å². The van der Waals surface area contributed by atoms with Crippen molar-refractivity contribution in [1.82, 2.24) is 9.78 Å². The lowest BCUT2D eigenvalue weighted by atomic mass is 9.97. The normalized spacial score (nSPS) is 12.9. The standard InChI is InChI=1S/C15H27N3O/c1-4-14(5-2)18-10-8-13(17-18)11-15(19)12(3)7-6-9-16/h8,10,12,14H,4-7,9,11,16H2,1-3H3. The fourth-order valence-corrected chi connectivity index (χ4v) is 2.28. The molecule has 0 spiro atoms. The molecule has 1 rings (SSSR count). The zero-order chi connectivity index (χ0) is 14.3. The smallest absolute Gasteiger partial charge is 0.141 e. The molecule has 0 saturated carbocycles. The molecule has 0 aliphatic heterocycles. The molecule has 0 aliphatic rings. The van der Waals surface area contributed by atoms with E-state index in [2.05, 4.69) is 18.9 Å². The Labute approximate surface area is 116 Å². The van der Waals surface area contributed by atoms with Crippen molar-refractivity contribution in [2.24, 2.45) is 11.7 Å². The van der Waals surface area contributed by atoms with Gasteiger partial charge in [-0.3, -0.25) is 9.48 Å². The quantitative estimate of drug-likeness (QED) is 0.746. The monoisotopic (exact) mass is 265 g/mol. The lowest BCUT2D eigenvalue weighted by Crippen LogP contribution is -2.16. The van der Waals surface area contributed by atoms with Crippen LogP contribution >= 0.6 is 0 Å². The Morgan fingerprint density at radius 3 is 2.68 bits per heavy atom. The third-order valence-electron chi connectivity index (χ3n) is 3.73. The number of Topliss-reactive ketones (excluding diaryl/α,β-unsaturated/α-hetero) is 1. The summed E-state index contributed by atoms with van der Waals surface area (Å²) in [5.41, 5.74) is 6.36. The zero-order valence-corrected chi connectivity index (χ0v) is 12.4. The molecule has 4 nitrogen and oxygen atoms in total. The Bertz CT molecular complexity index is 382. The van der Waals surface area contributed by atoms with Gasteiger partial charge in [0.05, 0.1) is 18.2 Å². The van der Waals surface area contributed by atoms with Crippen LogP contribution in [0.25, 0.3) is 0 Å². The van der Waals surface area contributed by atoms with Crippen molar-refractivity contribution in [3.63, 3.8) is 0 Å². The van der Waals surface area contributed by atoms with Crippen LogP contribution in [0.1, 0.15) is 58.2 Å². The largest absolute Gasteiger partial charge is 0.330 e. The van der Waals surface area contributed by atoms with Crippen LogP contribution in [-0.4, -0.2) is 22.1 Å². The molecule has 1 atom stereocenters. The van der Waals surface area contributed by atoms with Crippen molar-refractivity contribution in [2.45, 2.75) is 58.9 Å². The maximum absolute atomic E-state index is 12.0. The lowest BCUT2D eigenvalue weighted by molar-refractivity contribution is -0.122. The summed E-state index contributed by atoms with van der Waals surface area (Å²) in [6, 6.07) is 2.41. The Morgan fingerprint density at radius 1 is 1.42 bits per heavy atom. The zero-order valence-electron chi connectivity index (χ0n) is 12.4. The van der Waals surface area contributed by atoms with Gasteiger partial charge in [0.2, 0.25) is 0 Å². The summed E-state index contributed by atoms with van der Waals surface area (Å²) in [7, 11) is 0. The molecule has 1 unspecified atom stereocenters. The summed E-state index contributed by atoms with van der Waals surface area (Å²) in [6.07, 6.45) is 6.36. The number of nitrogens with two attached hydrogens (primary N) is 1. The highest BCUT2D eigenvalue weighted by Crippen LogP contribution is 2.16. The minimum Gasteiger partial charge on any atom is -0.330 e. The van der Waals surface area contributed by atoms with Crippen LogP contribution in [0.3, 0.4) is 0 Å². The maximum Gasteiger partial charge on any atom is 0.141 e. The predicted molar refractivity (Wildman–Crippen MR) is 78.0 cm³/mol. The second-order valence-corrected chi connectivity index (χ2v) is 5.23. The summed E-state index contributed by atoms with van der Waals surface area (Å²) in [5.74, 6) is 0.352. The molecule has 4 heteroatoms. The molecular formula is C15H27N3O. The average molecular weight is 265 g/mol. The molecule has 0 radical (unpaired) electrons. The molecule has 108 valence electrons. The predicted octanol–water partition coefficient (Wildman–Crippen LogP) is 2.73. The number of hydrogen-bond donors (Lipinski definition) is 1. The third kappa shape index (κ3) is 4.78. The van der Waals surface area contributed by atoms with Crippen molar-refractivity contribution in [2.75, 3.05) is 6.54 Å². The first-order valence-corrected chi connectivity index (χ1v) is 7.39. The van der Waals surface area contributed by atoms with E-state index in [1.807, 2.05) is 23.9 Å². The van der Waals surface area contributed by atoms with Crippen molar-refractivity contribution in [3.05, 3.63) is 18.0 Å². The van der Waals surface area contributed by atoms with Crippen LogP contribution in [0.2, 0.25) is 0 Å². The molecule has 0 fully saturated rings. The number of carbonyl (C=O) groups excluding carboxylic acids is 1. The van der Waals surface area contributed by atoms with Gasteiger partial charge >= 0.3 is 0 Å². The third-order valence-corrected chi connectivity index (χ3v) is 3.73. The SMILES string of the molecule is CCC(CC)n1ccc(CC(=O)C(C)CCCN)n1. The van der Waals surface area contributed by atoms with E-state index in [4.69, 9.17) is 5.73 Å². The highest BCUT2D eigenvalue weighted by atomic mass is 16.1. The summed E-state index contributed by atoms with van der Waals surface area (Å²) in [5, 5.41) is 4.53. The van der Waals surface area contributed by atoms with Crippen LogP contribution in [0.5, 0.6) is 0 Å². The van der Waals surface area contributed by atoms with E-state index in [1.165, 1.54) is 0 Å². The molecule has 1 aromatic rings. The van der Waals surface area contributed by atoms with Gasteiger partial charge in [-0.2, -0.15) is 5.10 Å². The van der Waals surface area contributed by atoms with Crippen LogP contribution in [0.4, 0.5) is 0 Å². The van der Waals surface area contributed by atoms with Gasteiger partial charge in [-0.15, -0.1) is 0 Å². The van der Waals surface area contributed by atoms with Crippen molar-refractivity contribution in [1.29, 1.82) is 0 Å². The van der Waals surface area contributed by atoms with Crippen LogP contribution in [-0.2, 0) is 11.2 Å². The fraction of sp³-hybridized carbons (Fsp3) is 0.733. The first-order chi connectivity index (χ1) is 9.12. The van der Waals surface area contributed by atoms with E-state index >= 15 is 0 Å². The minimum atomic E-state index is 0.0850. The lowest BCUT2D eigenvalue weighted by Gasteiger charge is -2.12. The molecule has 0 amide bonds. The van der Waals surface area contributed by atoms with Crippen LogP contribution < -0.4 is 5.73 Å². The van der Waals surface area contributed by atoms with E-state index < -0.39 is 0 Å². The van der Waals surface area contributed by atoms with Gasteiger partial charge in [0.15, 0.2) is 0 Å². The van der Waals surface area contributed by atoms with Crippen molar-refractivity contribution < 1.29 is 4.79 Å². The number of ketones is 1. The molecule has 0 aliphatic carbocycles. The number of rotatable bonds is 9. The molecule has 1 heterocycles. The fourth-order valence-electron chi connectivity index (χ4n) is 2.28. The second kappa shape index (κ2) is 8.10. The summed E-state index contributed by atoms with van der Waals surface area (Å²) >= 11 is 0. The second-order valence-electron chi connectivity index (χ2n) is 5.23. The molecule has 0 bridgehead atoms.